The molecule has 4 heavy (non-hydrogen) atoms. The van der Waals surface area contributed by atoms with Crippen LogP contribution < -0.4 is 0 Å². The predicted octanol–water partition coefficient (Wildman–Crippen LogP) is 1.35. The first-order chi connectivity index (χ1) is 0. The quantitative estimate of drug-likeness (QED) is 0.400. The molecule has 0 bridgehead atoms. The average molecular weight is 97.1 g/mol. The topological polar surface area (TPSA) is 0 Å². The van der Waals surface area contributed by atoms with Crippen molar-refractivity contribution in [1.29, 1.82) is 0 Å². The molecule has 0 aliphatic heterocycles. The first kappa shape index (κ1) is 199. The summed E-state index contributed by atoms with van der Waals surface area (Å²) in [6.45, 7) is 0. The van der Waals surface area contributed by atoms with Crippen molar-refractivity contribution in [2.45, 2.75) is 0 Å². The van der Waals surface area contributed by atoms with Crippen LogP contribution in [0.5, 0.6) is 0 Å². The van der Waals surface area contributed by atoms with Gasteiger partial charge in [0.05, 0.1) is 0 Å². The Labute approximate surface area is 40.4 Å². The monoisotopic (exact) mass is 97.0 g/mol. The molecule has 0 amide bonds. The van der Waals surface area contributed by atoms with Gasteiger partial charge < -0.3 is 22.3 Å². The van der Waals surface area contributed by atoms with Crippen LogP contribution in [0.3, 0.4) is 0 Å². The van der Waals surface area contributed by atoms with E-state index in [4.69, 9.17) is 0 Å². The third-order valence-electron chi connectivity index (χ3n) is 0. The van der Waals surface area contributed by atoms with Gasteiger partial charge in [0.1, 0.15) is 0 Å². The molecule has 0 heterocycles. The molecule has 0 aliphatic carbocycles. The van der Waals surface area contributed by atoms with E-state index in [-0.39, 0.29) is 39.6 Å². The van der Waals surface area contributed by atoms with Crippen LogP contribution in [0.4, 0.5) is 0 Å². The third-order valence-corrected chi connectivity index (χ3v) is 0. The van der Waals surface area contributed by atoms with Crippen molar-refractivity contribution in [2.75, 3.05) is 0 Å². The molecule has 0 saturated carbocycles. The minimum Gasteiger partial charge on any atom is -0.358 e. The summed E-state index contributed by atoms with van der Waals surface area (Å²) in [6.07, 6.45) is 0. The predicted molar refractivity (Wildman–Crippen MR) is 19.2 cm³/mol. The van der Waals surface area contributed by atoms with Crippen molar-refractivity contribution in [3.63, 3.8) is 0 Å². The van der Waals surface area contributed by atoms with E-state index in [0.29, 0.717) is 0 Å². The fourth-order valence-electron chi connectivity index (χ4n) is 0. The van der Waals surface area contributed by atoms with E-state index in [1.54, 1.807) is 0 Å². The van der Waals surface area contributed by atoms with Crippen LogP contribution in [0.25, 0.3) is 0 Å². The van der Waals surface area contributed by atoms with Crippen molar-refractivity contribution in [2.24, 2.45) is 0 Å². The summed E-state index contributed by atoms with van der Waals surface area (Å²) >= 11 is 0. The molecule has 0 aliphatic rings. The molecule has 0 unspecified atom stereocenters. The van der Waals surface area contributed by atoms with Gasteiger partial charge in [-0.3, -0.25) is 0 Å². The van der Waals surface area contributed by atoms with Gasteiger partial charge in [0, 0.05) is 0 Å². The summed E-state index contributed by atoms with van der Waals surface area (Å²) in [6, 6.07) is 0. The second kappa shape index (κ2) is 79.9. The molecule has 0 N–H and O–H groups in total. The summed E-state index contributed by atoms with van der Waals surface area (Å²) < 4.78 is 0. The molecular weight excluding hydrogens is 88.0 g/mol. The zero-order valence-corrected chi connectivity index (χ0v) is 4.68. The zero-order chi connectivity index (χ0) is 0. The Morgan fingerprint density at radius 1 is 0.500 bits per heavy atom. The molecule has 27 valence electrons. The van der Waals surface area contributed by atoms with Crippen molar-refractivity contribution < 1.29 is 17.4 Å². The fourth-order valence-corrected chi connectivity index (χ4v) is 0. The molecule has 0 saturated heterocycles. The standard InChI is InChI=1S/3CH3.Cr/h3*1H3;/q3*-1;+3. The Morgan fingerprint density at radius 2 is 0.500 bits per heavy atom. The first-order valence-corrected chi connectivity index (χ1v) is 0. The minimum atomic E-state index is 0. The molecule has 0 aromatic carbocycles. The van der Waals surface area contributed by atoms with Gasteiger partial charge in [-0.05, 0) is 0 Å². The van der Waals surface area contributed by atoms with Crippen molar-refractivity contribution >= 4 is 0 Å². The van der Waals surface area contributed by atoms with Gasteiger partial charge in [-0.15, -0.1) is 0 Å². The van der Waals surface area contributed by atoms with Crippen LogP contribution in [-0.2, 0) is 17.4 Å². The van der Waals surface area contributed by atoms with Gasteiger partial charge in [0.25, 0.3) is 0 Å². The van der Waals surface area contributed by atoms with Crippen molar-refractivity contribution in [3.8, 4) is 0 Å². The molecule has 0 atom stereocenters. The summed E-state index contributed by atoms with van der Waals surface area (Å²) in [5, 5.41) is 0. The van der Waals surface area contributed by atoms with Crippen LogP contribution in [-0.4, -0.2) is 0 Å². The maximum Gasteiger partial charge on any atom is 3.00 e. The molecular formula is C3H9Cr. The van der Waals surface area contributed by atoms with Crippen molar-refractivity contribution in [1.82, 2.24) is 0 Å². The summed E-state index contributed by atoms with van der Waals surface area (Å²) in [5.41, 5.74) is 0. The van der Waals surface area contributed by atoms with Gasteiger partial charge in [0.15, 0.2) is 0 Å². The second-order valence-electron chi connectivity index (χ2n) is 0. The van der Waals surface area contributed by atoms with Crippen LogP contribution in [0, 0.1) is 22.3 Å². The smallest absolute Gasteiger partial charge is 0.358 e. The number of hydrogen-bond acceptors (Lipinski definition) is 0. The Morgan fingerprint density at radius 3 is 0.500 bits per heavy atom. The third kappa shape index (κ3) is 21.0. The van der Waals surface area contributed by atoms with E-state index >= 15 is 0 Å². The van der Waals surface area contributed by atoms with E-state index in [1.165, 1.54) is 0 Å². The van der Waals surface area contributed by atoms with Crippen LogP contribution in [0.1, 0.15) is 0 Å². The summed E-state index contributed by atoms with van der Waals surface area (Å²) in [7, 11) is 0. The van der Waals surface area contributed by atoms with Crippen LogP contribution in [0.2, 0.25) is 0 Å². The van der Waals surface area contributed by atoms with E-state index in [0.717, 1.165) is 0 Å². The van der Waals surface area contributed by atoms with E-state index in [2.05, 4.69) is 0 Å². The Balaban J connectivity index is 0. The Hall–Kier alpha value is 0.532. The van der Waals surface area contributed by atoms with Gasteiger partial charge >= 0.3 is 17.4 Å². The van der Waals surface area contributed by atoms with Gasteiger partial charge in [-0.1, -0.05) is 0 Å². The van der Waals surface area contributed by atoms with Crippen LogP contribution >= 0.6 is 0 Å². The maximum atomic E-state index is 0. The molecule has 0 nitrogen and oxygen atoms in total. The average Bonchev–Trinajstić information content (AvgIpc) is 0. The maximum absolute atomic E-state index is 0. The van der Waals surface area contributed by atoms with Crippen molar-refractivity contribution in [3.05, 3.63) is 22.3 Å². The Bertz CT molecular complexity index is 3.25. The number of hydrogen-bond donors (Lipinski definition) is 0. The zero-order valence-electron chi connectivity index (χ0n) is 3.41. The number of rotatable bonds is 0. The molecule has 1 heteroatoms. The fraction of sp³-hybridized carbons (Fsp3) is 0. The largest absolute Gasteiger partial charge is 3.00 e. The summed E-state index contributed by atoms with van der Waals surface area (Å²) in [5.74, 6) is 0. The van der Waals surface area contributed by atoms with Gasteiger partial charge in [-0.25, -0.2) is 0 Å². The van der Waals surface area contributed by atoms with Crippen LogP contribution in [0.15, 0.2) is 0 Å². The molecule has 0 aromatic rings. The van der Waals surface area contributed by atoms with Gasteiger partial charge in [-0.2, -0.15) is 0 Å². The molecule has 1 radical (unpaired) electrons. The minimum absolute atomic E-state index is 0. The SMILES string of the molecule is [CH3-].[CH3-].[CH3-].[Cr+3]. The van der Waals surface area contributed by atoms with Gasteiger partial charge in [0.2, 0.25) is 0 Å². The molecule has 0 aromatic heterocycles. The van der Waals surface area contributed by atoms with E-state index in [9.17, 15) is 0 Å². The molecule has 0 rings (SSSR count). The van der Waals surface area contributed by atoms with E-state index < -0.39 is 0 Å². The van der Waals surface area contributed by atoms with E-state index in [1.807, 2.05) is 0 Å². The second-order valence-corrected chi connectivity index (χ2v) is 0. The molecule has 0 fully saturated rings. The summed E-state index contributed by atoms with van der Waals surface area (Å²) in [4.78, 5) is 0. The molecule has 0 spiro atoms. The normalized spacial score (nSPS) is 0. The Kier molecular flexibility index (Phi) is 3980. The first-order valence-electron chi connectivity index (χ1n) is 0.